The summed E-state index contributed by atoms with van der Waals surface area (Å²) in [4.78, 5) is 95.0. The quantitative estimate of drug-likeness (QED) is 0.0202. The second-order valence-corrected chi connectivity index (χ2v) is 33.3. The van der Waals surface area contributed by atoms with E-state index in [2.05, 4.69) is 35.9 Å². The number of carbonyl (C=O) groups is 4. The number of halogens is 18. The van der Waals surface area contributed by atoms with Crippen LogP contribution in [0.1, 0.15) is 155 Å². The molecular formula is C93H90F18N12O15. The van der Waals surface area contributed by atoms with Crippen LogP contribution in [0.4, 0.5) is 88.6 Å². The van der Waals surface area contributed by atoms with Crippen LogP contribution in [0.15, 0.2) is 240 Å². The van der Waals surface area contributed by atoms with Gasteiger partial charge in [0.1, 0.15) is 32.2 Å². The van der Waals surface area contributed by atoms with E-state index in [0.717, 1.165) is 22.6 Å². The van der Waals surface area contributed by atoms with E-state index in [1.165, 1.54) is 54.9 Å². The molecule has 6 heterocycles. The molecule has 11 aromatic rings. The van der Waals surface area contributed by atoms with Crippen LogP contribution < -0.4 is 22.4 Å². The first kappa shape index (κ1) is 104. The van der Waals surface area contributed by atoms with Crippen LogP contribution in [-0.4, -0.2) is 144 Å². The van der Waals surface area contributed by atoms with Crippen molar-refractivity contribution in [2.45, 2.75) is 161 Å². The molecule has 3 aromatic heterocycles. The molecule has 3 aliphatic rings. The Kier molecular flexibility index (Phi) is 31.1. The zero-order valence-electron chi connectivity index (χ0n) is 73.7. The number of hydrogen-bond donors (Lipinski definition) is 5. The van der Waals surface area contributed by atoms with Crippen molar-refractivity contribution in [1.29, 1.82) is 0 Å². The second-order valence-electron chi connectivity index (χ2n) is 33.3. The number of rotatable bonds is 25. The van der Waals surface area contributed by atoms with E-state index in [9.17, 15) is 118 Å². The van der Waals surface area contributed by atoms with E-state index < -0.39 is 195 Å². The number of ether oxygens (including phenoxy) is 7. The van der Waals surface area contributed by atoms with E-state index in [1.807, 2.05) is 0 Å². The molecule has 0 spiro atoms. The lowest BCUT2D eigenvalue weighted by atomic mass is 9.74. The molecule has 2 amide bonds. The smallest absolute Gasteiger partial charge is 0.416 e. The number of benzene rings is 8. The average Bonchev–Trinajstić information content (AvgIpc) is 1.36. The van der Waals surface area contributed by atoms with E-state index >= 15 is 0 Å². The summed E-state index contributed by atoms with van der Waals surface area (Å²) < 4.78 is 287. The molecular weight excluding hydrogens is 1870 g/mol. The van der Waals surface area contributed by atoms with E-state index in [-0.39, 0.29) is 101 Å². The van der Waals surface area contributed by atoms with Gasteiger partial charge in [-0.1, -0.05) is 152 Å². The van der Waals surface area contributed by atoms with Gasteiger partial charge in [-0.05, 0) is 158 Å². The van der Waals surface area contributed by atoms with E-state index in [1.54, 1.807) is 152 Å². The maximum atomic E-state index is 14.2. The van der Waals surface area contributed by atoms with Crippen LogP contribution in [-0.2, 0) is 126 Å². The first-order valence-corrected chi connectivity index (χ1v) is 42.3. The number of aliphatic hydroxyl groups excluding tert-OH is 1. The van der Waals surface area contributed by atoms with Crippen LogP contribution >= 0.6 is 0 Å². The van der Waals surface area contributed by atoms with Crippen molar-refractivity contribution < 1.29 is 136 Å². The van der Waals surface area contributed by atoms with Gasteiger partial charge in [-0.15, -0.1) is 0 Å². The highest BCUT2D eigenvalue weighted by Gasteiger charge is 2.59. The number of nitrogens with zero attached hydrogens (tertiary/aromatic N) is 8. The number of likely N-dealkylation sites (tertiary alicyclic amines) is 2. The standard InChI is InChI=1S/C34H32F6N4O6.C33H32F6N4O5.C26H26F6N4O4/c1-22(24-15-26(33(35,36)37)17-27(16-24)34(38,39)40)50-20-32(25-11-7-4-8-12-25)14-13-31(28(45)48-2,44-21-41-42-29(44)46)19-43(32)30(47)49-18-23-9-5-3-6-10-23;1-22(24-14-26(32(34,35)36)16-27(15-24)33(37,38)39)48-20-31(25-10-6-3-7-11-25)13-12-30(19-44,43-21-40-41-28(43)45)18-42(31)29(46)47-17-23-8-4-2-5-9-23;1-16(17-10-19(25(27,28)29)12-20(11-17)26(30,31)32)40-14-23(18-6-4-3-5-7-18)8-9-24(13-33-23,21(37)39-2)36-15-34-35-22(36)38/h3-12,15-17,21-22H,13-14,18-20H2,1-2H3,(H,42,46);2-11,14-16,21-22,44H,12-13,17-20H2,1H3,(H,41,45);3-7,10-12,15-16,33H,8-9,13-14H2,1-2H3,(H,35,38)/t22-,31+,32-;22-,30+,31-;16-,23-,24+/m111/s1. The molecule has 0 aliphatic carbocycles. The Hall–Kier alpha value is -13.4. The Morgan fingerprint density at radius 1 is 0.384 bits per heavy atom. The molecule has 5 N–H and O–H groups in total. The third-order valence-corrected chi connectivity index (χ3v) is 24.8. The van der Waals surface area contributed by atoms with Crippen LogP contribution in [0.5, 0.6) is 0 Å². The van der Waals surface area contributed by atoms with Gasteiger partial charge in [0, 0.05) is 6.54 Å². The Bertz CT molecular complexity index is 6090. The van der Waals surface area contributed by atoms with Gasteiger partial charge in [0.25, 0.3) is 0 Å². The molecule has 0 unspecified atom stereocenters. The Morgan fingerprint density at radius 2 is 0.688 bits per heavy atom. The minimum absolute atomic E-state index is 0.0253. The lowest BCUT2D eigenvalue weighted by molar-refractivity contribution is -0.160. The van der Waals surface area contributed by atoms with Gasteiger partial charge in [0.2, 0.25) is 0 Å². The number of aliphatic hydroxyl groups is 1. The lowest BCUT2D eigenvalue weighted by Crippen LogP contribution is -2.66. The number of piperidine rings is 3. The summed E-state index contributed by atoms with van der Waals surface area (Å²) in [6.45, 7) is 1.12. The first-order valence-electron chi connectivity index (χ1n) is 42.3. The average molecular weight is 1960 g/mol. The van der Waals surface area contributed by atoms with Crippen LogP contribution in [0.25, 0.3) is 0 Å². The molecule has 138 heavy (non-hydrogen) atoms. The van der Waals surface area contributed by atoms with Crippen LogP contribution in [0.2, 0.25) is 0 Å². The van der Waals surface area contributed by atoms with Crippen molar-refractivity contribution in [2.24, 2.45) is 0 Å². The number of aromatic amines is 3. The summed E-state index contributed by atoms with van der Waals surface area (Å²) in [5.74, 6) is -1.57. The van der Waals surface area contributed by atoms with Crippen molar-refractivity contribution in [1.82, 2.24) is 59.4 Å². The number of methoxy groups -OCH3 is 2. The van der Waals surface area contributed by atoms with Gasteiger partial charge < -0.3 is 43.6 Å². The monoisotopic (exact) mass is 1960 g/mol. The number of esters is 2. The van der Waals surface area contributed by atoms with Gasteiger partial charge >= 0.3 is 78.3 Å². The molecule has 27 nitrogen and oxygen atoms in total. The summed E-state index contributed by atoms with van der Waals surface area (Å²) >= 11 is 0. The summed E-state index contributed by atoms with van der Waals surface area (Å²) in [6, 6.07) is 46.9. The summed E-state index contributed by atoms with van der Waals surface area (Å²) in [7, 11) is 2.30. The topological polar surface area (TPSA) is 324 Å². The van der Waals surface area contributed by atoms with Gasteiger partial charge in [0.05, 0.1) is 128 Å². The highest BCUT2D eigenvalue weighted by atomic mass is 19.4. The highest BCUT2D eigenvalue weighted by Crippen LogP contribution is 2.50. The number of H-pyrrole nitrogens is 3. The van der Waals surface area contributed by atoms with E-state index in [4.69, 9.17) is 33.2 Å². The maximum Gasteiger partial charge on any atom is 0.416 e. The Morgan fingerprint density at radius 3 is 1.01 bits per heavy atom. The third-order valence-electron chi connectivity index (χ3n) is 24.8. The fourth-order valence-corrected chi connectivity index (χ4v) is 17.0. The SMILES string of the molecule is COC(=O)[C@]1(n2cn[nH]c2=O)CC[C@@](CO[C@H](C)c2cc(C(F)(F)F)cc(C(F)(F)F)c2)(c2ccccc2)N(C(=O)OCc2ccccc2)C1.COC(=O)[C@]1(n2cn[nH]c2=O)CC[C@@](CO[C@H](C)c2cc(C(F)(F)F)cc(C(F)(F)F)c2)(c2ccccc2)NC1.C[C@@H](OC[C@@]1(c2ccccc2)CC[C@](CO)(n2cn[nH]c2=O)CN1C(=O)OCc1ccccc1)c1cc(C(F)(F)F)cc(C(F)(F)F)c1. The molecule has 3 aliphatic heterocycles. The molecule has 45 heteroatoms. The zero-order chi connectivity index (χ0) is 100. The van der Waals surface area contributed by atoms with Crippen molar-refractivity contribution in [3.8, 4) is 0 Å². The zero-order valence-corrected chi connectivity index (χ0v) is 73.7. The second kappa shape index (κ2) is 41.5. The predicted octanol–water partition coefficient (Wildman–Crippen LogP) is 17.5. The predicted molar refractivity (Wildman–Crippen MR) is 453 cm³/mol. The molecule has 8 aromatic carbocycles. The summed E-state index contributed by atoms with van der Waals surface area (Å²) in [5, 5.41) is 31.9. The molecule has 3 fully saturated rings. The summed E-state index contributed by atoms with van der Waals surface area (Å²) in [6.07, 6.45) is -32.2. The molecule has 14 rings (SSSR count). The van der Waals surface area contributed by atoms with Crippen LogP contribution in [0, 0.1) is 0 Å². The molecule has 9 atom stereocenters. The molecule has 0 bridgehead atoms. The number of carbonyl (C=O) groups excluding carboxylic acids is 4. The van der Waals surface area contributed by atoms with Crippen LogP contribution in [0.3, 0.4) is 0 Å². The van der Waals surface area contributed by atoms with Gasteiger partial charge in [-0.3, -0.25) is 23.5 Å². The van der Waals surface area contributed by atoms with Gasteiger partial charge in [-0.2, -0.15) is 94.3 Å². The largest absolute Gasteiger partial charge is 0.467 e. The number of aromatic nitrogens is 9. The summed E-state index contributed by atoms with van der Waals surface area (Å²) in [5.41, 5.74) is -17.5. The van der Waals surface area contributed by atoms with Crippen molar-refractivity contribution in [2.75, 3.05) is 60.3 Å². The van der Waals surface area contributed by atoms with Crippen molar-refractivity contribution in [3.05, 3.63) is 335 Å². The minimum Gasteiger partial charge on any atom is -0.467 e. The van der Waals surface area contributed by atoms with Crippen molar-refractivity contribution >= 4 is 24.1 Å². The molecule has 738 valence electrons. The third kappa shape index (κ3) is 22.9. The number of alkyl halides is 18. The minimum atomic E-state index is -5.08. The lowest BCUT2D eigenvalue weighted by Gasteiger charge is -2.53. The molecule has 0 saturated carbocycles. The Labute approximate surface area is 772 Å². The number of hydrogen-bond acceptors (Lipinski definition) is 19. The molecule has 0 radical (unpaired) electrons. The molecule has 3 saturated heterocycles. The number of nitrogens with one attached hydrogen (secondary N) is 4. The number of amides is 2. The highest BCUT2D eigenvalue weighted by molar-refractivity contribution is 5.81. The van der Waals surface area contributed by atoms with Gasteiger partial charge in [0.15, 0.2) is 11.1 Å². The normalized spacial score (nSPS) is 21.1. The van der Waals surface area contributed by atoms with E-state index in [0.29, 0.717) is 64.2 Å². The fourth-order valence-electron chi connectivity index (χ4n) is 17.0. The maximum absolute atomic E-state index is 14.2. The Balaban J connectivity index is 0.000000187. The van der Waals surface area contributed by atoms with Gasteiger partial charge in [-0.25, -0.2) is 48.9 Å². The first-order chi connectivity index (χ1) is 65.0. The fraction of sp³-hybridized carbons (Fsp3) is 0.376. The van der Waals surface area contributed by atoms with Crippen molar-refractivity contribution in [3.63, 3.8) is 0 Å².